The molecule has 0 saturated heterocycles. The first kappa shape index (κ1) is 24.7. The van der Waals surface area contributed by atoms with E-state index in [1.54, 1.807) is 12.1 Å². The van der Waals surface area contributed by atoms with Gasteiger partial charge in [0.1, 0.15) is 11.7 Å². The van der Waals surface area contributed by atoms with Crippen molar-refractivity contribution in [2.24, 2.45) is 0 Å². The Bertz CT molecular complexity index is 1420. The van der Waals surface area contributed by atoms with Gasteiger partial charge in [0, 0.05) is 37.1 Å². The van der Waals surface area contributed by atoms with Gasteiger partial charge in [-0.3, -0.25) is 4.79 Å². The quantitative estimate of drug-likeness (QED) is 0.312. The topological polar surface area (TPSA) is 130 Å². The third-order valence-electron chi connectivity index (χ3n) is 5.59. The van der Waals surface area contributed by atoms with Crippen LogP contribution in [0.2, 0.25) is 0 Å². The number of nitrogens with zero attached hydrogens (tertiary/aromatic N) is 3. The van der Waals surface area contributed by atoms with E-state index in [2.05, 4.69) is 20.0 Å². The number of benzene rings is 2. The summed E-state index contributed by atoms with van der Waals surface area (Å²) in [5.41, 5.74) is 1.97. The van der Waals surface area contributed by atoms with Crippen LogP contribution in [-0.4, -0.2) is 52.7 Å². The molecule has 0 aliphatic carbocycles. The average Bonchev–Trinajstić information content (AvgIpc) is 3.46. The normalized spacial score (nSPS) is 11.6. The van der Waals surface area contributed by atoms with Crippen molar-refractivity contribution in [2.75, 3.05) is 31.4 Å². The van der Waals surface area contributed by atoms with Crippen LogP contribution in [0.5, 0.6) is 5.88 Å². The number of ether oxygens (including phenoxy) is 1. The standard InChI is InChI=1S/C25H25N5O5S/c1-29(2)17-11-9-16(10-12-17)20-22(32)30(25(34)27-20)19(13-15-7-5-4-6-8-15)21(31)28-24-26-18(14-36-24)23(33)35-3/h4-12,14,19,32H,13H2,1-3H3,(H,27,34)(H,26,28,31)/t19-/m0/s1. The van der Waals surface area contributed by atoms with Gasteiger partial charge in [0.25, 0.3) is 0 Å². The Morgan fingerprint density at radius 3 is 2.50 bits per heavy atom. The second-order valence-corrected chi connectivity index (χ2v) is 9.02. The number of aromatic nitrogens is 3. The van der Waals surface area contributed by atoms with Crippen molar-refractivity contribution in [1.82, 2.24) is 14.5 Å². The van der Waals surface area contributed by atoms with Crippen molar-refractivity contribution in [3.8, 4) is 17.1 Å². The third-order valence-corrected chi connectivity index (χ3v) is 6.35. The molecule has 2 heterocycles. The van der Waals surface area contributed by atoms with Crippen LogP contribution in [-0.2, 0) is 16.0 Å². The molecular weight excluding hydrogens is 482 g/mol. The summed E-state index contributed by atoms with van der Waals surface area (Å²) in [6.07, 6.45) is 0.131. The zero-order valence-electron chi connectivity index (χ0n) is 19.9. The summed E-state index contributed by atoms with van der Waals surface area (Å²) in [7, 11) is 5.06. The van der Waals surface area contributed by atoms with E-state index in [0.29, 0.717) is 5.56 Å². The third kappa shape index (κ3) is 5.15. The molecule has 4 aromatic rings. The van der Waals surface area contributed by atoms with Gasteiger partial charge in [0.2, 0.25) is 11.8 Å². The molecule has 4 rings (SSSR count). The lowest BCUT2D eigenvalue weighted by Crippen LogP contribution is -2.33. The van der Waals surface area contributed by atoms with Gasteiger partial charge in [0.15, 0.2) is 10.8 Å². The molecule has 11 heteroatoms. The molecule has 3 N–H and O–H groups in total. The van der Waals surface area contributed by atoms with Crippen LogP contribution in [0.1, 0.15) is 22.1 Å². The molecule has 0 aliphatic heterocycles. The van der Waals surface area contributed by atoms with Gasteiger partial charge in [-0.2, -0.15) is 0 Å². The molecule has 1 atom stereocenters. The summed E-state index contributed by atoms with van der Waals surface area (Å²) in [5, 5.41) is 15.4. The van der Waals surface area contributed by atoms with E-state index in [4.69, 9.17) is 0 Å². The van der Waals surface area contributed by atoms with E-state index < -0.39 is 23.6 Å². The lowest BCUT2D eigenvalue weighted by Gasteiger charge is -2.18. The zero-order valence-corrected chi connectivity index (χ0v) is 20.7. The number of aromatic hydroxyl groups is 1. The number of rotatable bonds is 8. The number of anilines is 2. The van der Waals surface area contributed by atoms with Crippen LogP contribution in [0.4, 0.5) is 10.8 Å². The van der Waals surface area contributed by atoms with Crippen molar-refractivity contribution in [2.45, 2.75) is 12.5 Å². The Balaban J connectivity index is 1.70. The zero-order chi connectivity index (χ0) is 25.8. The van der Waals surface area contributed by atoms with Crippen LogP contribution in [0.25, 0.3) is 11.3 Å². The van der Waals surface area contributed by atoms with Crippen LogP contribution in [0, 0.1) is 0 Å². The molecule has 2 aromatic carbocycles. The number of thiazole rings is 1. The number of hydrogen-bond acceptors (Lipinski definition) is 8. The van der Waals surface area contributed by atoms with E-state index in [-0.39, 0.29) is 28.8 Å². The Labute approximate surface area is 210 Å². The molecule has 1 amide bonds. The number of carbonyl (C=O) groups excluding carboxylic acids is 2. The van der Waals surface area contributed by atoms with Gasteiger partial charge in [0.05, 0.1) is 7.11 Å². The highest BCUT2D eigenvalue weighted by molar-refractivity contribution is 7.14. The maximum absolute atomic E-state index is 13.4. The Morgan fingerprint density at radius 1 is 1.17 bits per heavy atom. The number of amides is 1. The number of aromatic amines is 1. The number of H-pyrrole nitrogens is 1. The maximum Gasteiger partial charge on any atom is 0.357 e. The van der Waals surface area contributed by atoms with Gasteiger partial charge in [-0.15, -0.1) is 11.3 Å². The molecule has 0 fully saturated rings. The molecule has 0 aliphatic rings. The van der Waals surface area contributed by atoms with E-state index in [9.17, 15) is 19.5 Å². The smallest absolute Gasteiger partial charge is 0.357 e. The van der Waals surface area contributed by atoms with Gasteiger partial charge in [-0.05, 0) is 17.7 Å². The number of hydrogen-bond donors (Lipinski definition) is 3. The van der Waals surface area contributed by atoms with Crippen LogP contribution < -0.4 is 15.9 Å². The molecule has 0 bridgehead atoms. The van der Waals surface area contributed by atoms with Crippen molar-refractivity contribution in [3.63, 3.8) is 0 Å². The number of nitrogens with one attached hydrogen (secondary N) is 2. The van der Waals surface area contributed by atoms with E-state index >= 15 is 0 Å². The molecule has 0 radical (unpaired) electrons. The summed E-state index contributed by atoms with van der Waals surface area (Å²) in [6, 6.07) is 15.3. The maximum atomic E-state index is 13.4. The van der Waals surface area contributed by atoms with Gasteiger partial charge >= 0.3 is 11.7 Å². The first-order chi connectivity index (χ1) is 17.3. The second kappa shape index (κ2) is 10.5. The predicted molar refractivity (Wildman–Crippen MR) is 138 cm³/mol. The molecule has 0 saturated carbocycles. The Morgan fingerprint density at radius 2 is 1.86 bits per heavy atom. The number of methoxy groups -OCH3 is 1. The predicted octanol–water partition coefficient (Wildman–Crippen LogP) is 3.28. The van der Waals surface area contributed by atoms with E-state index in [1.165, 1.54) is 12.5 Å². The van der Waals surface area contributed by atoms with E-state index in [0.717, 1.165) is 27.2 Å². The molecular formula is C25H25N5O5S. The fourth-order valence-corrected chi connectivity index (χ4v) is 4.40. The van der Waals surface area contributed by atoms with Gasteiger partial charge in [-0.1, -0.05) is 42.5 Å². The molecule has 0 spiro atoms. The summed E-state index contributed by atoms with van der Waals surface area (Å²) >= 11 is 1.05. The average molecular weight is 508 g/mol. The highest BCUT2D eigenvalue weighted by Gasteiger charge is 2.29. The van der Waals surface area contributed by atoms with Gasteiger partial charge in [-0.25, -0.2) is 19.1 Å². The number of carbonyl (C=O) groups is 2. The molecule has 36 heavy (non-hydrogen) atoms. The Hall–Kier alpha value is -4.38. The second-order valence-electron chi connectivity index (χ2n) is 8.16. The van der Waals surface area contributed by atoms with Crippen molar-refractivity contribution in [1.29, 1.82) is 0 Å². The first-order valence-electron chi connectivity index (χ1n) is 11.0. The summed E-state index contributed by atoms with van der Waals surface area (Å²) < 4.78 is 5.69. The van der Waals surface area contributed by atoms with Crippen molar-refractivity contribution < 1.29 is 19.4 Å². The van der Waals surface area contributed by atoms with Crippen molar-refractivity contribution in [3.05, 3.63) is 81.7 Å². The molecule has 0 unspecified atom stereocenters. The summed E-state index contributed by atoms with van der Waals surface area (Å²) in [5.74, 6) is -1.56. The van der Waals surface area contributed by atoms with Crippen LogP contribution in [0.15, 0.2) is 64.8 Å². The minimum absolute atomic E-state index is 0.0579. The highest BCUT2D eigenvalue weighted by Crippen LogP contribution is 2.31. The number of esters is 1. The lowest BCUT2D eigenvalue weighted by atomic mass is 10.0. The number of imidazole rings is 1. The fourth-order valence-electron chi connectivity index (χ4n) is 3.71. The van der Waals surface area contributed by atoms with E-state index in [1.807, 2.05) is 61.5 Å². The molecule has 10 nitrogen and oxygen atoms in total. The van der Waals surface area contributed by atoms with Crippen LogP contribution >= 0.6 is 11.3 Å². The van der Waals surface area contributed by atoms with Crippen molar-refractivity contribution >= 4 is 34.0 Å². The molecule has 186 valence electrons. The van der Waals surface area contributed by atoms with Crippen LogP contribution in [0.3, 0.4) is 0 Å². The monoisotopic (exact) mass is 507 g/mol. The summed E-state index contributed by atoms with van der Waals surface area (Å²) in [4.78, 5) is 46.8. The SMILES string of the molecule is COC(=O)c1csc(NC(=O)[C@H](Cc2ccccc2)n2c(O)c(-c3ccc(N(C)C)cc3)[nH]c2=O)n1. The van der Waals surface area contributed by atoms with Gasteiger partial charge < -0.3 is 25.0 Å². The largest absolute Gasteiger partial charge is 0.493 e. The lowest BCUT2D eigenvalue weighted by molar-refractivity contribution is -0.119. The first-order valence-corrected chi connectivity index (χ1v) is 11.9. The Kier molecular flexibility index (Phi) is 7.20. The summed E-state index contributed by atoms with van der Waals surface area (Å²) in [6.45, 7) is 0. The fraction of sp³-hybridized carbons (Fsp3) is 0.200. The minimum Gasteiger partial charge on any atom is -0.493 e. The highest BCUT2D eigenvalue weighted by atomic mass is 32.1. The molecule has 2 aromatic heterocycles. The minimum atomic E-state index is -1.10.